The Bertz CT molecular complexity index is 1410. The first-order valence-corrected chi connectivity index (χ1v) is 12.9. The van der Waals surface area contributed by atoms with Crippen LogP contribution in [-0.4, -0.2) is 66.2 Å². The molecule has 8 heteroatoms. The third-order valence-corrected chi connectivity index (χ3v) is 8.28. The molecule has 1 aliphatic heterocycles. The highest BCUT2D eigenvalue weighted by Crippen LogP contribution is 2.25. The molecule has 0 amide bonds. The number of carbonyl (C=O) groups is 1. The number of imidazole rings is 1. The first kappa shape index (κ1) is 23.2. The summed E-state index contributed by atoms with van der Waals surface area (Å²) in [4.78, 5) is 19.4. The summed E-state index contributed by atoms with van der Waals surface area (Å²) in [5, 5.41) is 0. The van der Waals surface area contributed by atoms with Gasteiger partial charge in [0.05, 0.1) is 11.2 Å². The largest absolute Gasteiger partial charge is 0.306 e. The van der Waals surface area contributed by atoms with E-state index in [0.717, 1.165) is 29.9 Å². The highest BCUT2D eigenvalue weighted by molar-refractivity contribution is 7.89. The van der Waals surface area contributed by atoms with Gasteiger partial charge in [0.15, 0.2) is 5.78 Å². The van der Waals surface area contributed by atoms with Crippen molar-refractivity contribution in [3.8, 4) is 16.8 Å². The molecule has 0 atom stereocenters. The van der Waals surface area contributed by atoms with Crippen molar-refractivity contribution in [3.05, 3.63) is 103 Å². The van der Waals surface area contributed by atoms with Gasteiger partial charge in [-0.15, -0.1) is 0 Å². The normalized spacial score (nSPS) is 15.2. The molecule has 1 saturated heterocycles. The molecule has 7 nitrogen and oxygen atoms in total. The smallest absolute Gasteiger partial charge is 0.243 e. The van der Waals surface area contributed by atoms with E-state index in [9.17, 15) is 13.2 Å². The highest BCUT2D eigenvalue weighted by atomic mass is 32.2. The number of hydrogen-bond donors (Lipinski definition) is 0. The van der Waals surface area contributed by atoms with Gasteiger partial charge in [0, 0.05) is 55.4 Å². The van der Waals surface area contributed by atoms with Gasteiger partial charge in [-0.25, -0.2) is 13.4 Å². The summed E-state index contributed by atoms with van der Waals surface area (Å²) in [6, 6.07) is 21.7. The average molecular weight is 487 g/mol. The Morgan fingerprint density at radius 2 is 1.31 bits per heavy atom. The summed E-state index contributed by atoms with van der Waals surface area (Å²) < 4.78 is 29.3. The van der Waals surface area contributed by atoms with E-state index in [4.69, 9.17) is 0 Å². The fraction of sp³-hybridized carbons (Fsp3) is 0.185. The maximum Gasteiger partial charge on any atom is 0.243 e. The van der Waals surface area contributed by atoms with Crippen molar-refractivity contribution >= 4 is 15.8 Å². The number of rotatable bonds is 6. The molecule has 0 unspecified atom stereocenters. The fourth-order valence-corrected chi connectivity index (χ4v) is 5.60. The third-order valence-electron chi connectivity index (χ3n) is 6.37. The zero-order valence-corrected chi connectivity index (χ0v) is 20.2. The lowest BCUT2D eigenvalue weighted by atomic mass is 9.99. The minimum atomic E-state index is -3.49. The van der Waals surface area contributed by atoms with E-state index in [1.165, 1.54) is 0 Å². The van der Waals surface area contributed by atoms with E-state index in [0.29, 0.717) is 29.1 Å². The summed E-state index contributed by atoms with van der Waals surface area (Å²) in [6.07, 6.45) is 5.27. The second-order valence-corrected chi connectivity index (χ2v) is 10.6. The minimum Gasteiger partial charge on any atom is -0.306 e. The number of ketones is 1. The van der Waals surface area contributed by atoms with Crippen LogP contribution in [0.1, 0.15) is 15.9 Å². The summed E-state index contributed by atoms with van der Waals surface area (Å²) in [6.45, 7) is 2.47. The van der Waals surface area contributed by atoms with Crippen LogP contribution >= 0.6 is 0 Å². The molecule has 0 spiro atoms. The van der Waals surface area contributed by atoms with Gasteiger partial charge in [-0.3, -0.25) is 4.79 Å². The van der Waals surface area contributed by atoms with Crippen molar-refractivity contribution in [2.45, 2.75) is 4.90 Å². The van der Waals surface area contributed by atoms with Gasteiger partial charge in [0.2, 0.25) is 10.0 Å². The van der Waals surface area contributed by atoms with Gasteiger partial charge in [-0.1, -0.05) is 36.4 Å². The van der Waals surface area contributed by atoms with E-state index in [2.05, 4.69) is 9.88 Å². The second-order valence-electron chi connectivity index (χ2n) is 8.66. The Morgan fingerprint density at radius 3 is 1.86 bits per heavy atom. The van der Waals surface area contributed by atoms with Gasteiger partial charge in [0.1, 0.15) is 0 Å². The SMILES string of the molecule is CN1CCN(S(=O)(=O)c2ccc(-c3ccc(C(=O)c4ccc(-n5ccnc5)cc4)cc3)cc2)CC1. The predicted octanol–water partition coefficient (Wildman–Crippen LogP) is 3.71. The topological polar surface area (TPSA) is 75.5 Å². The Morgan fingerprint density at radius 1 is 0.771 bits per heavy atom. The van der Waals surface area contributed by atoms with E-state index in [-0.39, 0.29) is 5.78 Å². The van der Waals surface area contributed by atoms with Crippen LogP contribution in [0.4, 0.5) is 0 Å². The van der Waals surface area contributed by atoms with Gasteiger partial charge in [-0.2, -0.15) is 4.31 Å². The number of benzene rings is 3. The van der Waals surface area contributed by atoms with E-state index < -0.39 is 10.0 Å². The first-order valence-electron chi connectivity index (χ1n) is 11.4. The number of aromatic nitrogens is 2. The lowest BCUT2D eigenvalue weighted by Crippen LogP contribution is -2.46. The molecule has 3 aromatic carbocycles. The Kier molecular flexibility index (Phi) is 6.34. The Balaban J connectivity index is 1.29. The van der Waals surface area contributed by atoms with E-state index >= 15 is 0 Å². The van der Waals surface area contributed by atoms with Crippen LogP contribution in [0.25, 0.3) is 16.8 Å². The summed E-state index contributed by atoms with van der Waals surface area (Å²) in [5.41, 5.74) is 3.96. The van der Waals surface area contributed by atoms with Gasteiger partial charge < -0.3 is 9.47 Å². The van der Waals surface area contributed by atoms with Crippen molar-refractivity contribution in [2.24, 2.45) is 0 Å². The van der Waals surface area contributed by atoms with Crippen LogP contribution < -0.4 is 0 Å². The minimum absolute atomic E-state index is 0.0534. The van der Waals surface area contributed by atoms with Crippen LogP contribution in [0, 0.1) is 0 Å². The molecule has 0 radical (unpaired) electrons. The molecule has 4 aromatic rings. The average Bonchev–Trinajstić information content (AvgIpc) is 3.44. The predicted molar refractivity (Wildman–Crippen MR) is 135 cm³/mol. The lowest BCUT2D eigenvalue weighted by molar-refractivity contribution is 0.103. The summed E-state index contributed by atoms with van der Waals surface area (Å²) in [7, 11) is -1.50. The standard InChI is InChI=1S/C27H26N4O3S/c1-29-16-18-31(19-17-29)35(33,34)26-12-8-22(9-13-26)21-2-4-23(5-3-21)27(32)24-6-10-25(11-7-24)30-15-14-28-20-30/h2-15,20H,16-19H2,1H3. The summed E-state index contributed by atoms with van der Waals surface area (Å²) >= 11 is 0. The monoisotopic (exact) mass is 486 g/mol. The highest BCUT2D eigenvalue weighted by Gasteiger charge is 2.27. The van der Waals surface area contributed by atoms with Gasteiger partial charge in [0.25, 0.3) is 0 Å². The van der Waals surface area contributed by atoms with Crippen molar-refractivity contribution in [1.29, 1.82) is 0 Å². The lowest BCUT2D eigenvalue weighted by Gasteiger charge is -2.31. The van der Waals surface area contributed by atoms with Crippen LogP contribution in [0.15, 0.2) is 96.4 Å². The first-order chi connectivity index (χ1) is 16.9. The number of carbonyl (C=O) groups excluding carboxylic acids is 1. The van der Waals surface area contributed by atoms with E-state index in [1.807, 2.05) is 66.3 Å². The molecule has 178 valence electrons. The molecular formula is C27H26N4O3S. The van der Waals surface area contributed by atoms with Gasteiger partial charge in [-0.05, 0) is 54.6 Å². The molecule has 2 heterocycles. The number of nitrogens with zero attached hydrogens (tertiary/aromatic N) is 4. The molecule has 0 aliphatic carbocycles. The Labute approximate surface area is 205 Å². The zero-order valence-electron chi connectivity index (χ0n) is 19.4. The molecule has 1 aromatic heterocycles. The zero-order chi connectivity index (χ0) is 24.4. The van der Waals surface area contributed by atoms with Crippen molar-refractivity contribution in [1.82, 2.24) is 18.8 Å². The number of sulfonamides is 1. The number of hydrogen-bond acceptors (Lipinski definition) is 5. The second kappa shape index (κ2) is 9.58. The van der Waals surface area contributed by atoms with E-state index in [1.54, 1.807) is 41.1 Å². The molecule has 0 bridgehead atoms. The quantitative estimate of drug-likeness (QED) is 0.389. The molecule has 0 saturated carbocycles. The number of likely N-dealkylation sites (N-methyl/N-ethyl adjacent to an activating group) is 1. The molecule has 1 aliphatic rings. The van der Waals surface area contributed by atoms with Crippen LogP contribution in [0.2, 0.25) is 0 Å². The Hall–Kier alpha value is -3.59. The maximum atomic E-state index is 12.9. The maximum absolute atomic E-state index is 12.9. The molecule has 5 rings (SSSR count). The van der Waals surface area contributed by atoms with Crippen LogP contribution in [0.5, 0.6) is 0 Å². The van der Waals surface area contributed by atoms with Crippen molar-refractivity contribution < 1.29 is 13.2 Å². The molecule has 35 heavy (non-hydrogen) atoms. The summed E-state index contributed by atoms with van der Waals surface area (Å²) in [5.74, 6) is -0.0534. The fourth-order valence-electron chi connectivity index (χ4n) is 4.17. The van der Waals surface area contributed by atoms with Crippen molar-refractivity contribution in [3.63, 3.8) is 0 Å². The van der Waals surface area contributed by atoms with Crippen LogP contribution in [-0.2, 0) is 10.0 Å². The van der Waals surface area contributed by atoms with Gasteiger partial charge >= 0.3 is 0 Å². The number of piperazine rings is 1. The van der Waals surface area contributed by atoms with Crippen LogP contribution in [0.3, 0.4) is 0 Å². The molecule has 0 N–H and O–H groups in total. The molecular weight excluding hydrogens is 460 g/mol. The van der Waals surface area contributed by atoms with Crippen molar-refractivity contribution in [2.75, 3.05) is 33.2 Å². The molecule has 1 fully saturated rings. The third kappa shape index (κ3) is 4.81.